The third-order valence-corrected chi connectivity index (χ3v) is 5.09. The van der Waals surface area contributed by atoms with Crippen molar-refractivity contribution in [3.05, 3.63) is 0 Å². The number of nitrogens with one attached hydrogen (secondary N) is 2. The average Bonchev–Trinajstić information content (AvgIpc) is 2.59. The highest BCUT2D eigenvalue weighted by atomic mass is 14.4. The Hall–Kier alpha value is -0.660. The number of hydrogen-bond acceptors (Lipinski definition) is 2. The van der Waals surface area contributed by atoms with Gasteiger partial charge in [0.25, 0.3) is 0 Å². The highest BCUT2D eigenvalue weighted by Gasteiger charge is 2.09. The first-order valence-electron chi connectivity index (χ1n) is 13.0. The predicted molar refractivity (Wildman–Crippen MR) is 153 cm³/mol. The summed E-state index contributed by atoms with van der Waals surface area (Å²) in [7, 11) is 0. The molecule has 0 saturated carbocycles. The van der Waals surface area contributed by atoms with Gasteiger partial charge in [-0.25, -0.2) is 0 Å². The zero-order chi connectivity index (χ0) is 25.1. The summed E-state index contributed by atoms with van der Waals surface area (Å²) >= 11 is 0. The van der Waals surface area contributed by atoms with Gasteiger partial charge in [-0.2, -0.15) is 0 Å². The summed E-state index contributed by atoms with van der Waals surface area (Å²) < 4.78 is 0. The van der Waals surface area contributed by atoms with Crippen LogP contribution in [-0.2, 0) is 0 Å². The Morgan fingerprint density at radius 3 is 1.16 bits per heavy atom. The summed E-state index contributed by atoms with van der Waals surface area (Å²) in [5, 5.41) is 14.7. The van der Waals surface area contributed by atoms with Crippen LogP contribution in [-0.4, -0.2) is 11.4 Å². The number of unbranched alkanes of at least 4 members (excludes halogenated alkanes) is 3. The smallest absolute Gasteiger partial charge is 0.00864 e. The maximum atomic E-state index is 7.47. The van der Waals surface area contributed by atoms with E-state index in [4.69, 9.17) is 10.8 Å². The van der Waals surface area contributed by atoms with Crippen LogP contribution in [0.3, 0.4) is 0 Å². The Balaban J connectivity index is -0.000000184. The first kappa shape index (κ1) is 38.6. The summed E-state index contributed by atoms with van der Waals surface area (Å²) in [5.74, 6) is 0. The zero-order valence-corrected chi connectivity index (χ0v) is 24.0. The van der Waals surface area contributed by atoms with Crippen molar-refractivity contribution in [2.45, 2.75) is 168 Å². The minimum atomic E-state index is 0. The van der Waals surface area contributed by atoms with E-state index in [0.29, 0.717) is 16.2 Å². The van der Waals surface area contributed by atoms with Gasteiger partial charge in [-0.3, -0.25) is 0 Å². The van der Waals surface area contributed by atoms with E-state index in [1.54, 1.807) is 0 Å². The number of rotatable bonds is 11. The minimum absolute atomic E-state index is 0. The summed E-state index contributed by atoms with van der Waals surface area (Å²) in [4.78, 5) is 0. The molecule has 0 aliphatic rings. The molecule has 2 nitrogen and oxygen atoms in total. The molecule has 2 heteroatoms. The third-order valence-electron chi connectivity index (χ3n) is 5.09. The highest BCUT2D eigenvalue weighted by Crippen LogP contribution is 2.23. The van der Waals surface area contributed by atoms with Crippen molar-refractivity contribution in [1.29, 1.82) is 10.8 Å². The quantitative estimate of drug-likeness (QED) is 0.230. The van der Waals surface area contributed by atoms with Gasteiger partial charge in [0, 0.05) is 11.4 Å². The lowest BCUT2D eigenvalue weighted by molar-refractivity contribution is 0.361. The van der Waals surface area contributed by atoms with Crippen molar-refractivity contribution in [1.82, 2.24) is 0 Å². The molecule has 0 radical (unpaired) electrons. The van der Waals surface area contributed by atoms with Crippen molar-refractivity contribution < 1.29 is 0 Å². The molecule has 0 atom stereocenters. The molecule has 196 valence electrons. The number of hydrogen-bond donors (Lipinski definition) is 2. The van der Waals surface area contributed by atoms with Gasteiger partial charge in [-0.05, 0) is 74.5 Å². The van der Waals surface area contributed by atoms with E-state index in [1.165, 1.54) is 57.8 Å². The van der Waals surface area contributed by atoms with E-state index in [0.717, 1.165) is 30.7 Å². The fourth-order valence-electron chi connectivity index (χ4n) is 2.92. The molecule has 32 heavy (non-hydrogen) atoms. The fourth-order valence-corrected chi connectivity index (χ4v) is 2.92. The molecule has 0 aromatic rings. The van der Waals surface area contributed by atoms with Gasteiger partial charge in [0.05, 0.1) is 0 Å². The average molecular weight is 455 g/mol. The van der Waals surface area contributed by atoms with E-state index >= 15 is 0 Å². The van der Waals surface area contributed by atoms with Crippen LogP contribution in [0.4, 0.5) is 0 Å². The minimum Gasteiger partial charge on any atom is -0.310 e. The molecule has 0 heterocycles. The first-order chi connectivity index (χ1) is 13.9. The molecule has 0 aliphatic heterocycles. The summed E-state index contributed by atoms with van der Waals surface area (Å²) in [6.45, 7) is 26.7. The Morgan fingerprint density at radius 1 is 0.562 bits per heavy atom. The fraction of sp³-hybridized carbons (Fsp3) is 0.933. The molecule has 0 aromatic heterocycles. The Morgan fingerprint density at radius 2 is 0.906 bits per heavy atom. The van der Waals surface area contributed by atoms with Crippen LogP contribution in [0.25, 0.3) is 0 Å². The van der Waals surface area contributed by atoms with E-state index < -0.39 is 0 Å². The van der Waals surface area contributed by atoms with Crippen LogP contribution in [0.5, 0.6) is 0 Å². The third kappa shape index (κ3) is 47.2. The van der Waals surface area contributed by atoms with Gasteiger partial charge >= 0.3 is 0 Å². The SMILES string of the molecule is C.CC(=N)CCCCC(C)(C)C.CCC(=N)CCCCC(C)(C)C.CCCCC(C)(C)C. The van der Waals surface area contributed by atoms with Gasteiger partial charge in [0.2, 0.25) is 0 Å². The second-order valence-corrected chi connectivity index (χ2v) is 12.9. The van der Waals surface area contributed by atoms with Crippen LogP contribution in [0.2, 0.25) is 0 Å². The molecule has 0 aliphatic carbocycles. The normalized spacial score (nSPS) is 11.4. The second kappa shape index (κ2) is 20.9. The summed E-state index contributed by atoms with van der Waals surface area (Å²) in [6, 6.07) is 0. The first-order valence-corrected chi connectivity index (χ1v) is 13.0. The predicted octanol–water partition coefficient (Wildman–Crippen LogP) is 11.5. The van der Waals surface area contributed by atoms with Crippen LogP contribution in [0.15, 0.2) is 0 Å². The lowest BCUT2D eigenvalue weighted by Crippen LogP contribution is -2.04. The Kier molecular flexibility index (Phi) is 25.2. The molecule has 0 rings (SSSR count). The van der Waals surface area contributed by atoms with Gasteiger partial charge in [-0.1, -0.05) is 109 Å². The van der Waals surface area contributed by atoms with E-state index in [-0.39, 0.29) is 7.43 Å². The van der Waals surface area contributed by atoms with E-state index in [9.17, 15) is 0 Å². The molecule has 0 aromatic carbocycles. The summed E-state index contributed by atoms with van der Waals surface area (Å²) in [6.07, 6.45) is 14.5. The van der Waals surface area contributed by atoms with Crippen LogP contribution in [0, 0.1) is 27.1 Å². The monoisotopic (exact) mass is 455 g/mol. The van der Waals surface area contributed by atoms with Crippen molar-refractivity contribution in [2.24, 2.45) is 16.2 Å². The maximum Gasteiger partial charge on any atom is 0.00864 e. The Labute approximate surface area is 206 Å². The largest absolute Gasteiger partial charge is 0.310 e. The highest BCUT2D eigenvalue weighted by molar-refractivity contribution is 5.80. The maximum absolute atomic E-state index is 7.47. The molecule has 0 bridgehead atoms. The molecule has 0 unspecified atom stereocenters. The molecule has 0 fully saturated rings. The van der Waals surface area contributed by atoms with Gasteiger partial charge < -0.3 is 10.8 Å². The van der Waals surface area contributed by atoms with Gasteiger partial charge in [0.1, 0.15) is 0 Å². The van der Waals surface area contributed by atoms with Crippen molar-refractivity contribution >= 4 is 11.4 Å². The molecule has 0 saturated heterocycles. The standard InChI is InChI=1S/C11H23N.C10H21N.C8H18.CH4/c1-5-10(12)8-6-7-9-11(2,3)4;1-9(11)7-5-6-8-10(2,3)4;1-5-6-7-8(2,3)4;/h12H,5-9H2,1-4H3;11H,5-8H2,1-4H3;5-7H2,1-4H3;1H4. The van der Waals surface area contributed by atoms with E-state index in [2.05, 4.69) is 76.2 Å². The molecule has 0 spiro atoms. The second-order valence-electron chi connectivity index (χ2n) is 12.9. The van der Waals surface area contributed by atoms with Crippen molar-refractivity contribution in [2.75, 3.05) is 0 Å². The Bertz CT molecular complexity index is 427. The summed E-state index contributed by atoms with van der Waals surface area (Å²) in [5.41, 5.74) is 3.21. The van der Waals surface area contributed by atoms with E-state index in [1.807, 2.05) is 6.92 Å². The molecule has 2 N–H and O–H groups in total. The molecular weight excluding hydrogens is 388 g/mol. The zero-order valence-electron chi connectivity index (χ0n) is 24.0. The molecule has 0 amide bonds. The lowest BCUT2D eigenvalue weighted by Gasteiger charge is -2.17. The van der Waals surface area contributed by atoms with Crippen molar-refractivity contribution in [3.8, 4) is 0 Å². The van der Waals surface area contributed by atoms with Gasteiger partial charge in [0.15, 0.2) is 0 Å². The molecular formula is C30H66N2. The topological polar surface area (TPSA) is 47.7 Å². The van der Waals surface area contributed by atoms with Gasteiger partial charge in [-0.15, -0.1) is 0 Å². The van der Waals surface area contributed by atoms with Crippen molar-refractivity contribution in [3.63, 3.8) is 0 Å². The van der Waals surface area contributed by atoms with Crippen LogP contribution < -0.4 is 0 Å². The lowest BCUT2D eigenvalue weighted by atomic mass is 9.89. The van der Waals surface area contributed by atoms with Crippen LogP contribution in [0.1, 0.15) is 168 Å². The van der Waals surface area contributed by atoms with Crippen LogP contribution >= 0.6 is 0 Å².